The molecule has 1 aliphatic heterocycles. The SMILES string of the molecule is CC[C@H](C(=O)NCc1ccccc1)N1C(=O)CCn2nc(C)cc21. The number of amides is 2. The second kappa shape index (κ2) is 6.86. The average molecular weight is 326 g/mol. The predicted molar refractivity (Wildman–Crippen MR) is 91.4 cm³/mol. The Labute approximate surface area is 141 Å². The fraction of sp³-hybridized carbons (Fsp3) is 0.389. The van der Waals surface area contributed by atoms with Crippen LogP contribution in [0.5, 0.6) is 0 Å². The van der Waals surface area contributed by atoms with Crippen molar-refractivity contribution in [3.05, 3.63) is 47.7 Å². The molecule has 0 radical (unpaired) electrons. The van der Waals surface area contributed by atoms with Crippen molar-refractivity contribution in [3.63, 3.8) is 0 Å². The zero-order chi connectivity index (χ0) is 17.1. The zero-order valence-electron chi connectivity index (χ0n) is 14.0. The summed E-state index contributed by atoms with van der Waals surface area (Å²) in [4.78, 5) is 26.7. The number of fused-ring (bicyclic) bond motifs is 1. The molecule has 0 saturated carbocycles. The van der Waals surface area contributed by atoms with E-state index in [1.807, 2.05) is 54.9 Å². The van der Waals surface area contributed by atoms with Gasteiger partial charge in [-0.1, -0.05) is 37.3 Å². The van der Waals surface area contributed by atoms with Crippen LogP contribution in [0.15, 0.2) is 36.4 Å². The van der Waals surface area contributed by atoms with E-state index in [0.717, 1.165) is 11.3 Å². The number of carbonyl (C=O) groups excluding carboxylic acids is 2. The normalized spacial score (nSPS) is 15.1. The van der Waals surface area contributed by atoms with Crippen LogP contribution in [0.4, 0.5) is 5.82 Å². The number of aryl methyl sites for hydroxylation is 2. The fourth-order valence-corrected chi connectivity index (χ4v) is 3.06. The first-order valence-electron chi connectivity index (χ1n) is 8.28. The molecule has 2 amide bonds. The lowest BCUT2D eigenvalue weighted by molar-refractivity contribution is -0.127. The minimum Gasteiger partial charge on any atom is -0.350 e. The van der Waals surface area contributed by atoms with Crippen LogP contribution in [-0.2, 0) is 22.7 Å². The molecule has 2 aromatic rings. The first-order chi connectivity index (χ1) is 11.6. The van der Waals surface area contributed by atoms with Gasteiger partial charge in [-0.25, -0.2) is 4.68 Å². The third-order valence-corrected chi connectivity index (χ3v) is 4.24. The number of nitrogens with one attached hydrogen (secondary N) is 1. The van der Waals surface area contributed by atoms with Crippen molar-refractivity contribution in [1.29, 1.82) is 0 Å². The maximum atomic E-state index is 12.7. The maximum absolute atomic E-state index is 12.7. The molecular formula is C18H22N4O2. The van der Waals surface area contributed by atoms with Gasteiger partial charge >= 0.3 is 0 Å². The highest BCUT2D eigenvalue weighted by molar-refractivity contribution is 6.00. The van der Waals surface area contributed by atoms with E-state index in [9.17, 15) is 9.59 Å². The van der Waals surface area contributed by atoms with E-state index in [2.05, 4.69) is 10.4 Å². The molecule has 0 fully saturated rings. The Morgan fingerprint density at radius 1 is 1.33 bits per heavy atom. The summed E-state index contributed by atoms with van der Waals surface area (Å²) in [5, 5.41) is 7.34. The summed E-state index contributed by atoms with van der Waals surface area (Å²) in [6, 6.07) is 11.1. The highest BCUT2D eigenvalue weighted by atomic mass is 16.2. The van der Waals surface area contributed by atoms with Crippen LogP contribution in [0, 0.1) is 6.92 Å². The standard InChI is InChI=1S/C18H22N4O2/c1-3-15(18(24)19-12-14-7-5-4-6-8-14)22-16-11-13(2)20-21(16)10-9-17(22)23/h4-8,11,15H,3,9-10,12H2,1-2H3,(H,19,24)/t15-/m1/s1. The number of benzene rings is 1. The van der Waals surface area contributed by atoms with Crippen LogP contribution in [0.2, 0.25) is 0 Å². The highest BCUT2D eigenvalue weighted by Crippen LogP contribution is 2.26. The van der Waals surface area contributed by atoms with Crippen LogP contribution in [-0.4, -0.2) is 27.6 Å². The van der Waals surface area contributed by atoms with Gasteiger partial charge < -0.3 is 5.32 Å². The number of rotatable bonds is 5. The Kier molecular flexibility index (Phi) is 4.64. The van der Waals surface area contributed by atoms with Gasteiger partial charge in [-0.3, -0.25) is 14.5 Å². The third-order valence-electron chi connectivity index (χ3n) is 4.24. The third kappa shape index (κ3) is 3.18. The topological polar surface area (TPSA) is 67.2 Å². The molecule has 0 bridgehead atoms. The van der Waals surface area contributed by atoms with Gasteiger partial charge in [0.1, 0.15) is 11.9 Å². The number of nitrogens with zero attached hydrogens (tertiary/aromatic N) is 3. The molecule has 3 rings (SSSR count). The molecule has 0 unspecified atom stereocenters. The van der Waals surface area contributed by atoms with Gasteiger partial charge in [0, 0.05) is 19.0 Å². The Morgan fingerprint density at radius 2 is 2.08 bits per heavy atom. The van der Waals surface area contributed by atoms with E-state index in [-0.39, 0.29) is 11.8 Å². The molecule has 6 heteroatoms. The molecule has 24 heavy (non-hydrogen) atoms. The molecule has 0 aliphatic carbocycles. The van der Waals surface area contributed by atoms with Crippen molar-refractivity contribution >= 4 is 17.6 Å². The molecule has 1 aromatic heterocycles. The van der Waals surface area contributed by atoms with E-state index >= 15 is 0 Å². The molecule has 2 heterocycles. The van der Waals surface area contributed by atoms with E-state index in [1.54, 1.807) is 4.90 Å². The summed E-state index contributed by atoms with van der Waals surface area (Å²) in [6.07, 6.45) is 0.924. The van der Waals surface area contributed by atoms with Gasteiger partial charge in [-0.15, -0.1) is 0 Å². The number of anilines is 1. The van der Waals surface area contributed by atoms with E-state index in [1.165, 1.54) is 0 Å². The van der Waals surface area contributed by atoms with E-state index in [4.69, 9.17) is 0 Å². The molecule has 0 spiro atoms. The summed E-state index contributed by atoms with van der Waals surface area (Å²) in [7, 11) is 0. The van der Waals surface area contributed by atoms with Crippen LogP contribution >= 0.6 is 0 Å². The average Bonchev–Trinajstić information content (AvgIpc) is 2.97. The van der Waals surface area contributed by atoms with Gasteiger partial charge in [0.25, 0.3) is 0 Å². The Hall–Kier alpha value is -2.63. The maximum Gasteiger partial charge on any atom is 0.243 e. The van der Waals surface area contributed by atoms with Crippen molar-refractivity contribution < 1.29 is 9.59 Å². The summed E-state index contributed by atoms with van der Waals surface area (Å²) in [5.41, 5.74) is 1.89. The van der Waals surface area contributed by atoms with Crippen LogP contribution in [0.3, 0.4) is 0 Å². The largest absolute Gasteiger partial charge is 0.350 e. The number of hydrogen-bond acceptors (Lipinski definition) is 3. The number of hydrogen-bond donors (Lipinski definition) is 1. The Bertz CT molecular complexity index is 739. The second-order valence-electron chi connectivity index (χ2n) is 6.01. The number of carbonyl (C=O) groups is 2. The zero-order valence-corrected chi connectivity index (χ0v) is 14.0. The lowest BCUT2D eigenvalue weighted by Gasteiger charge is -2.33. The van der Waals surface area contributed by atoms with Gasteiger partial charge in [-0.2, -0.15) is 5.10 Å². The molecule has 126 valence electrons. The molecular weight excluding hydrogens is 304 g/mol. The molecule has 0 saturated heterocycles. The number of aromatic nitrogens is 2. The molecule has 1 atom stereocenters. The first kappa shape index (κ1) is 16.2. The highest BCUT2D eigenvalue weighted by Gasteiger charge is 2.34. The van der Waals surface area contributed by atoms with Crippen LogP contribution < -0.4 is 10.2 Å². The lowest BCUT2D eigenvalue weighted by atomic mass is 10.1. The molecule has 1 aliphatic rings. The monoisotopic (exact) mass is 326 g/mol. The minimum absolute atomic E-state index is 0.0240. The first-order valence-corrected chi connectivity index (χ1v) is 8.28. The Balaban J connectivity index is 1.77. The van der Waals surface area contributed by atoms with Crippen molar-refractivity contribution in [2.45, 2.75) is 45.8 Å². The van der Waals surface area contributed by atoms with Gasteiger partial charge in [0.05, 0.1) is 12.2 Å². The van der Waals surface area contributed by atoms with Gasteiger partial charge in [0.2, 0.25) is 11.8 Å². The summed E-state index contributed by atoms with van der Waals surface area (Å²) >= 11 is 0. The van der Waals surface area contributed by atoms with Gasteiger partial charge in [0.15, 0.2) is 0 Å². The minimum atomic E-state index is -0.517. The predicted octanol–water partition coefficient (Wildman–Crippen LogP) is 2.02. The van der Waals surface area contributed by atoms with E-state index < -0.39 is 6.04 Å². The smallest absolute Gasteiger partial charge is 0.243 e. The van der Waals surface area contributed by atoms with Crippen LogP contribution in [0.25, 0.3) is 0 Å². The van der Waals surface area contributed by atoms with Crippen molar-refractivity contribution in [1.82, 2.24) is 15.1 Å². The van der Waals surface area contributed by atoms with Crippen molar-refractivity contribution in [2.75, 3.05) is 4.90 Å². The molecule has 1 aromatic carbocycles. The lowest BCUT2D eigenvalue weighted by Crippen LogP contribution is -2.52. The molecule has 6 nitrogen and oxygen atoms in total. The van der Waals surface area contributed by atoms with Crippen LogP contribution in [0.1, 0.15) is 31.0 Å². The molecule has 1 N–H and O–H groups in total. The van der Waals surface area contributed by atoms with Gasteiger partial charge in [-0.05, 0) is 18.9 Å². The second-order valence-corrected chi connectivity index (χ2v) is 6.01. The van der Waals surface area contributed by atoms with Crippen molar-refractivity contribution in [3.8, 4) is 0 Å². The fourth-order valence-electron chi connectivity index (χ4n) is 3.06. The summed E-state index contributed by atoms with van der Waals surface area (Å²) < 4.78 is 1.81. The van der Waals surface area contributed by atoms with E-state index in [0.29, 0.717) is 31.7 Å². The summed E-state index contributed by atoms with van der Waals surface area (Å²) in [5.74, 6) is 0.552. The summed E-state index contributed by atoms with van der Waals surface area (Å²) in [6.45, 7) is 4.84. The Morgan fingerprint density at radius 3 is 2.79 bits per heavy atom. The van der Waals surface area contributed by atoms with Crippen molar-refractivity contribution in [2.24, 2.45) is 0 Å². The quantitative estimate of drug-likeness (QED) is 0.914.